The van der Waals surface area contributed by atoms with E-state index in [1.165, 1.54) is 18.2 Å². The molecule has 1 amide bonds. The first-order chi connectivity index (χ1) is 19.0. The lowest BCUT2D eigenvalue weighted by molar-refractivity contribution is -0.117. The van der Waals surface area contributed by atoms with Gasteiger partial charge in [-0.2, -0.15) is 0 Å². The Morgan fingerprint density at radius 2 is 1.85 bits per heavy atom. The summed E-state index contributed by atoms with van der Waals surface area (Å²) in [6, 6.07) is 13.7. The normalized spacial score (nSPS) is 21.2. The van der Waals surface area contributed by atoms with Gasteiger partial charge in [0.25, 0.3) is 0 Å². The minimum Gasteiger partial charge on any atom is -0.378 e. The molecule has 1 saturated carbocycles. The van der Waals surface area contributed by atoms with Crippen molar-refractivity contribution in [2.24, 2.45) is 0 Å². The van der Waals surface area contributed by atoms with Crippen LogP contribution >= 0.6 is 0 Å². The topological polar surface area (TPSA) is 91.4 Å². The number of halogens is 2. The Hall–Kier alpha value is -4.05. The first-order valence-electron chi connectivity index (χ1n) is 13.1. The number of carbonyl (C=O) groups excluding carboxylic acids is 1. The van der Waals surface area contributed by atoms with Crippen LogP contribution in [0.5, 0.6) is 0 Å². The minimum atomic E-state index is -1.16. The summed E-state index contributed by atoms with van der Waals surface area (Å²) < 4.78 is 34.7. The number of ether oxygens (including phenoxy) is 1. The molecular weight excluding hydrogens is 502 g/mol. The van der Waals surface area contributed by atoms with Crippen LogP contribution < -0.4 is 20.9 Å². The van der Waals surface area contributed by atoms with Gasteiger partial charge in [0.2, 0.25) is 11.9 Å². The van der Waals surface area contributed by atoms with Crippen LogP contribution in [0.3, 0.4) is 0 Å². The predicted molar refractivity (Wildman–Crippen MR) is 148 cm³/mol. The molecule has 10 heteroatoms. The predicted octanol–water partition coefficient (Wildman–Crippen LogP) is 5.22. The molecule has 8 nitrogen and oxygen atoms in total. The molecule has 5 rings (SSSR count). The second-order valence-electron chi connectivity index (χ2n) is 9.75. The molecule has 1 aromatic heterocycles. The summed E-state index contributed by atoms with van der Waals surface area (Å²) in [7, 11) is 0. The van der Waals surface area contributed by atoms with Crippen LogP contribution in [0.15, 0.2) is 67.4 Å². The van der Waals surface area contributed by atoms with Crippen LogP contribution in [0.25, 0.3) is 0 Å². The maximum atomic E-state index is 15.4. The van der Waals surface area contributed by atoms with Crippen molar-refractivity contribution < 1.29 is 18.3 Å². The third-order valence-electron chi connectivity index (χ3n) is 7.05. The van der Waals surface area contributed by atoms with Gasteiger partial charge >= 0.3 is 0 Å². The molecular formula is C29H32F2N6O2. The van der Waals surface area contributed by atoms with Crippen LogP contribution in [0.1, 0.15) is 30.9 Å². The number of carbonyl (C=O) groups is 1. The average molecular weight is 535 g/mol. The van der Waals surface area contributed by atoms with Gasteiger partial charge in [0, 0.05) is 42.1 Å². The van der Waals surface area contributed by atoms with Gasteiger partial charge in [-0.15, -0.1) is 0 Å². The minimum absolute atomic E-state index is 0.217. The summed E-state index contributed by atoms with van der Waals surface area (Å²) in [5.74, 6) is -0.972. The van der Waals surface area contributed by atoms with E-state index in [1.807, 2.05) is 24.3 Å². The third-order valence-corrected chi connectivity index (χ3v) is 7.05. The Morgan fingerprint density at radius 1 is 1.08 bits per heavy atom. The number of benzene rings is 2. The zero-order valence-corrected chi connectivity index (χ0v) is 21.6. The fraction of sp³-hybridized carbons (Fsp3) is 0.345. The standard InChI is InChI=1S/C29H32F2N6O2/c1-2-27(38)34-22-9-10-25(31)24(17-22)28-26(33-20-6-3-5-19(30)15-20)18-32-29(36-28)35-21-7-4-8-23(16-21)37-11-13-39-14-12-37/h2-8,15-16,18,22,24-25,33H,1,9-14,17H2,(H,34,38)(H,32,35,36)/t22?,24-,25?/m0/s1. The number of hydrogen-bond donors (Lipinski definition) is 3. The number of amides is 1. The quantitative estimate of drug-likeness (QED) is 0.342. The molecule has 0 radical (unpaired) electrons. The van der Waals surface area contributed by atoms with Crippen molar-refractivity contribution in [1.82, 2.24) is 15.3 Å². The second kappa shape index (κ2) is 12.2. The molecule has 2 fully saturated rings. The fourth-order valence-electron chi connectivity index (χ4n) is 5.09. The third kappa shape index (κ3) is 6.69. The highest BCUT2D eigenvalue weighted by Gasteiger charge is 2.35. The zero-order valence-electron chi connectivity index (χ0n) is 21.6. The summed E-state index contributed by atoms with van der Waals surface area (Å²) in [6.45, 7) is 6.50. The number of rotatable bonds is 8. The smallest absolute Gasteiger partial charge is 0.243 e. The number of nitrogens with one attached hydrogen (secondary N) is 3. The maximum absolute atomic E-state index is 15.4. The highest BCUT2D eigenvalue weighted by Crippen LogP contribution is 2.39. The highest BCUT2D eigenvalue weighted by atomic mass is 19.1. The Kier molecular flexibility index (Phi) is 8.31. The van der Waals surface area contributed by atoms with Crippen molar-refractivity contribution in [3.8, 4) is 0 Å². The number of alkyl halides is 1. The Morgan fingerprint density at radius 3 is 2.62 bits per heavy atom. The first kappa shape index (κ1) is 26.6. The lowest BCUT2D eigenvalue weighted by Crippen LogP contribution is -2.40. The van der Waals surface area contributed by atoms with Gasteiger partial charge in [-0.1, -0.05) is 18.7 Å². The van der Waals surface area contributed by atoms with E-state index in [9.17, 15) is 9.18 Å². The monoisotopic (exact) mass is 534 g/mol. The molecule has 1 aliphatic carbocycles. The van der Waals surface area contributed by atoms with E-state index >= 15 is 4.39 Å². The van der Waals surface area contributed by atoms with Gasteiger partial charge in [-0.05, 0) is 61.7 Å². The van der Waals surface area contributed by atoms with Gasteiger partial charge in [0.05, 0.1) is 30.8 Å². The van der Waals surface area contributed by atoms with Crippen molar-refractivity contribution in [1.29, 1.82) is 0 Å². The summed E-state index contributed by atoms with van der Waals surface area (Å²) >= 11 is 0. The van der Waals surface area contributed by atoms with Gasteiger partial charge in [-0.3, -0.25) is 4.79 Å². The van der Waals surface area contributed by atoms with Gasteiger partial charge in [0.15, 0.2) is 0 Å². The molecule has 0 bridgehead atoms. The van der Waals surface area contributed by atoms with E-state index in [0.717, 1.165) is 24.5 Å². The fourth-order valence-corrected chi connectivity index (χ4v) is 5.09. The van der Waals surface area contributed by atoms with E-state index < -0.39 is 17.9 Å². The summed E-state index contributed by atoms with van der Waals surface area (Å²) in [5, 5.41) is 9.31. The van der Waals surface area contributed by atoms with Gasteiger partial charge < -0.3 is 25.6 Å². The largest absolute Gasteiger partial charge is 0.378 e. The molecule has 1 aliphatic heterocycles. The number of aromatic nitrogens is 2. The second-order valence-corrected chi connectivity index (χ2v) is 9.75. The van der Waals surface area contributed by atoms with Crippen molar-refractivity contribution in [3.63, 3.8) is 0 Å². The number of anilines is 5. The molecule has 1 saturated heterocycles. The lowest BCUT2D eigenvalue weighted by Gasteiger charge is -2.33. The van der Waals surface area contributed by atoms with Crippen molar-refractivity contribution >= 4 is 34.6 Å². The van der Waals surface area contributed by atoms with Crippen LogP contribution in [-0.4, -0.2) is 54.4 Å². The van der Waals surface area contributed by atoms with E-state index in [1.54, 1.807) is 18.3 Å². The first-order valence-corrected chi connectivity index (χ1v) is 13.1. The van der Waals surface area contributed by atoms with E-state index in [-0.39, 0.29) is 18.4 Å². The molecule has 2 heterocycles. The van der Waals surface area contributed by atoms with Crippen LogP contribution in [0.4, 0.5) is 37.5 Å². The molecule has 204 valence electrons. The maximum Gasteiger partial charge on any atom is 0.243 e. The number of hydrogen-bond acceptors (Lipinski definition) is 7. The zero-order chi connectivity index (χ0) is 27.2. The molecule has 3 N–H and O–H groups in total. The highest BCUT2D eigenvalue weighted by molar-refractivity contribution is 5.87. The number of morpholine rings is 1. The lowest BCUT2D eigenvalue weighted by atomic mass is 9.81. The van der Waals surface area contributed by atoms with Gasteiger partial charge in [-0.25, -0.2) is 18.7 Å². The molecule has 3 atom stereocenters. The van der Waals surface area contributed by atoms with Gasteiger partial charge in [0.1, 0.15) is 12.0 Å². The van der Waals surface area contributed by atoms with E-state index in [4.69, 9.17) is 9.72 Å². The molecule has 2 unspecified atom stereocenters. The average Bonchev–Trinajstić information content (AvgIpc) is 2.95. The molecule has 2 aliphatic rings. The Bertz CT molecular complexity index is 1320. The summed E-state index contributed by atoms with van der Waals surface area (Å²) in [6.07, 6.45) is 2.80. The number of nitrogens with zero attached hydrogens (tertiary/aromatic N) is 3. The summed E-state index contributed by atoms with van der Waals surface area (Å²) in [5.41, 5.74) is 3.31. The van der Waals surface area contributed by atoms with E-state index in [2.05, 4.69) is 32.4 Å². The SMILES string of the molecule is C=CC(=O)NC1CCC(F)[C@@H](c2nc(Nc3cccc(N4CCOCC4)c3)ncc2Nc2cccc(F)c2)C1. The van der Waals surface area contributed by atoms with Crippen molar-refractivity contribution in [2.45, 2.75) is 37.4 Å². The summed E-state index contributed by atoms with van der Waals surface area (Å²) in [4.78, 5) is 23.4. The van der Waals surface area contributed by atoms with Crippen LogP contribution in [-0.2, 0) is 9.53 Å². The molecule has 2 aromatic carbocycles. The van der Waals surface area contributed by atoms with Crippen LogP contribution in [0.2, 0.25) is 0 Å². The van der Waals surface area contributed by atoms with Crippen LogP contribution in [0, 0.1) is 5.82 Å². The van der Waals surface area contributed by atoms with Crippen molar-refractivity contribution in [3.05, 3.63) is 78.9 Å². The Balaban J connectivity index is 1.44. The molecule has 3 aromatic rings. The van der Waals surface area contributed by atoms with Crippen molar-refractivity contribution in [2.75, 3.05) is 41.8 Å². The molecule has 0 spiro atoms. The molecule has 39 heavy (non-hydrogen) atoms. The Labute approximate surface area is 226 Å². The van der Waals surface area contributed by atoms with E-state index in [0.29, 0.717) is 49.1 Å².